The van der Waals surface area contributed by atoms with E-state index in [1.54, 1.807) is 11.2 Å². The van der Waals surface area contributed by atoms with Crippen molar-refractivity contribution in [1.29, 1.82) is 0 Å². The summed E-state index contributed by atoms with van der Waals surface area (Å²) < 4.78 is 7.29. The number of amides is 1. The largest absolute Gasteiger partial charge is 0.444 e. The number of hydrogen-bond donors (Lipinski definition) is 1. The second-order valence-electron chi connectivity index (χ2n) is 6.19. The molecule has 1 N–H and O–H groups in total. The van der Waals surface area contributed by atoms with E-state index in [0.717, 1.165) is 12.2 Å². The van der Waals surface area contributed by atoms with Crippen molar-refractivity contribution < 1.29 is 14.6 Å². The molecule has 1 aliphatic heterocycles. The molecule has 6 nitrogen and oxygen atoms in total. The SMILES string of the molecule is CCn1cnc(C2CN(C(=O)OC(C)(C)C)CC2O)c1. The Hall–Kier alpha value is -1.56. The van der Waals surface area contributed by atoms with Crippen molar-refractivity contribution in [2.45, 2.75) is 51.9 Å². The quantitative estimate of drug-likeness (QED) is 0.894. The standard InChI is InChI=1S/C14H23N3O3/c1-5-16-7-11(15-9-16)10-6-17(8-12(10)18)13(19)20-14(2,3)4/h7,9-10,12,18H,5-6,8H2,1-4H3. The van der Waals surface area contributed by atoms with Crippen LogP contribution in [-0.4, -0.2) is 50.4 Å². The van der Waals surface area contributed by atoms with Gasteiger partial charge in [-0.25, -0.2) is 9.78 Å². The van der Waals surface area contributed by atoms with Crippen LogP contribution in [0.2, 0.25) is 0 Å². The zero-order valence-electron chi connectivity index (χ0n) is 12.5. The van der Waals surface area contributed by atoms with Gasteiger partial charge in [0.2, 0.25) is 0 Å². The molecule has 1 amide bonds. The van der Waals surface area contributed by atoms with Crippen molar-refractivity contribution in [3.05, 3.63) is 18.2 Å². The van der Waals surface area contributed by atoms with Crippen molar-refractivity contribution >= 4 is 6.09 Å². The minimum Gasteiger partial charge on any atom is -0.444 e. The number of likely N-dealkylation sites (tertiary alicyclic amines) is 1. The summed E-state index contributed by atoms with van der Waals surface area (Å²) in [7, 11) is 0. The number of hydrogen-bond acceptors (Lipinski definition) is 4. The van der Waals surface area contributed by atoms with Gasteiger partial charge < -0.3 is 19.3 Å². The van der Waals surface area contributed by atoms with Gasteiger partial charge >= 0.3 is 6.09 Å². The van der Waals surface area contributed by atoms with Crippen LogP contribution in [0.5, 0.6) is 0 Å². The first-order valence-electron chi connectivity index (χ1n) is 6.98. The Kier molecular flexibility index (Phi) is 4.04. The van der Waals surface area contributed by atoms with Gasteiger partial charge in [-0.1, -0.05) is 0 Å². The zero-order chi connectivity index (χ0) is 14.9. The summed E-state index contributed by atoms with van der Waals surface area (Å²) in [4.78, 5) is 17.9. The zero-order valence-corrected chi connectivity index (χ0v) is 12.5. The van der Waals surface area contributed by atoms with E-state index < -0.39 is 11.7 Å². The summed E-state index contributed by atoms with van der Waals surface area (Å²) in [6.07, 6.45) is 2.70. The van der Waals surface area contributed by atoms with Crippen LogP contribution in [0, 0.1) is 0 Å². The molecule has 2 atom stereocenters. The second kappa shape index (κ2) is 5.44. The van der Waals surface area contributed by atoms with E-state index in [1.165, 1.54) is 0 Å². The fourth-order valence-corrected chi connectivity index (χ4v) is 2.29. The number of aliphatic hydroxyl groups excluding tert-OH is 1. The topological polar surface area (TPSA) is 67.6 Å². The van der Waals surface area contributed by atoms with Crippen molar-refractivity contribution in [2.24, 2.45) is 0 Å². The monoisotopic (exact) mass is 281 g/mol. The van der Waals surface area contributed by atoms with Crippen LogP contribution in [0.25, 0.3) is 0 Å². The van der Waals surface area contributed by atoms with Gasteiger partial charge in [0.15, 0.2) is 0 Å². The van der Waals surface area contributed by atoms with E-state index >= 15 is 0 Å². The molecule has 6 heteroatoms. The number of carbonyl (C=O) groups excluding carboxylic acids is 1. The summed E-state index contributed by atoms with van der Waals surface area (Å²) in [5, 5.41) is 10.1. The normalized spacial score (nSPS) is 23.1. The van der Waals surface area contributed by atoms with Gasteiger partial charge in [0, 0.05) is 25.2 Å². The number of aromatic nitrogens is 2. The van der Waals surface area contributed by atoms with E-state index in [0.29, 0.717) is 13.1 Å². The maximum Gasteiger partial charge on any atom is 0.410 e. The molecule has 2 heterocycles. The molecule has 1 fully saturated rings. The lowest BCUT2D eigenvalue weighted by molar-refractivity contribution is 0.0270. The van der Waals surface area contributed by atoms with Crippen LogP contribution in [-0.2, 0) is 11.3 Å². The van der Waals surface area contributed by atoms with Crippen molar-refractivity contribution in [3.8, 4) is 0 Å². The van der Waals surface area contributed by atoms with Crippen LogP contribution in [0.4, 0.5) is 4.79 Å². The molecular formula is C14H23N3O3. The van der Waals surface area contributed by atoms with Crippen LogP contribution >= 0.6 is 0 Å². The fourth-order valence-electron chi connectivity index (χ4n) is 2.29. The third-order valence-electron chi connectivity index (χ3n) is 3.34. The van der Waals surface area contributed by atoms with Gasteiger partial charge in [0.05, 0.1) is 24.7 Å². The third kappa shape index (κ3) is 3.30. The summed E-state index contributed by atoms with van der Waals surface area (Å²) in [6, 6.07) is 0. The van der Waals surface area contributed by atoms with Gasteiger partial charge in [-0.05, 0) is 27.7 Å². The number of imidazole rings is 1. The van der Waals surface area contributed by atoms with Gasteiger partial charge in [-0.3, -0.25) is 0 Å². The molecule has 1 aromatic heterocycles. The number of aliphatic hydroxyl groups is 1. The number of carbonyl (C=O) groups is 1. The number of ether oxygens (including phenoxy) is 1. The lowest BCUT2D eigenvalue weighted by Crippen LogP contribution is -2.35. The molecule has 2 rings (SSSR count). The van der Waals surface area contributed by atoms with E-state index in [-0.39, 0.29) is 12.0 Å². The highest BCUT2D eigenvalue weighted by Gasteiger charge is 2.38. The average Bonchev–Trinajstić information content (AvgIpc) is 2.92. The molecule has 112 valence electrons. The summed E-state index contributed by atoms with van der Waals surface area (Å²) in [5.74, 6) is -0.143. The number of rotatable bonds is 2. The highest BCUT2D eigenvalue weighted by atomic mass is 16.6. The maximum absolute atomic E-state index is 12.0. The number of aryl methyl sites for hydroxylation is 1. The highest BCUT2D eigenvalue weighted by molar-refractivity contribution is 5.68. The number of β-amino-alcohol motifs (C(OH)–C–C–N with tert-alkyl or cyclic N) is 1. The summed E-state index contributed by atoms with van der Waals surface area (Å²) in [6.45, 7) is 9.10. The van der Waals surface area contributed by atoms with Gasteiger partial charge in [-0.15, -0.1) is 0 Å². The highest BCUT2D eigenvalue weighted by Crippen LogP contribution is 2.27. The number of nitrogens with zero attached hydrogens (tertiary/aromatic N) is 3. The van der Waals surface area contributed by atoms with Crippen LogP contribution in [0.3, 0.4) is 0 Å². The first-order valence-corrected chi connectivity index (χ1v) is 6.98. The summed E-state index contributed by atoms with van der Waals surface area (Å²) in [5.41, 5.74) is 0.301. The Morgan fingerprint density at radius 3 is 2.75 bits per heavy atom. The van der Waals surface area contributed by atoms with E-state index in [4.69, 9.17) is 4.74 Å². The molecule has 1 saturated heterocycles. The average molecular weight is 281 g/mol. The van der Waals surface area contributed by atoms with E-state index in [9.17, 15) is 9.90 Å². The Labute approximate surface area is 119 Å². The first-order chi connectivity index (χ1) is 9.30. The molecule has 0 radical (unpaired) electrons. The van der Waals surface area contributed by atoms with Gasteiger partial charge in [-0.2, -0.15) is 0 Å². The molecule has 20 heavy (non-hydrogen) atoms. The Morgan fingerprint density at radius 1 is 1.50 bits per heavy atom. The van der Waals surface area contributed by atoms with E-state index in [1.807, 2.05) is 38.5 Å². The Bertz CT molecular complexity index is 478. The lowest BCUT2D eigenvalue weighted by Gasteiger charge is -2.24. The maximum atomic E-state index is 12.0. The lowest BCUT2D eigenvalue weighted by atomic mass is 10.0. The second-order valence-corrected chi connectivity index (χ2v) is 6.19. The predicted molar refractivity (Wildman–Crippen MR) is 74.5 cm³/mol. The van der Waals surface area contributed by atoms with Crippen molar-refractivity contribution in [3.63, 3.8) is 0 Å². The van der Waals surface area contributed by atoms with E-state index in [2.05, 4.69) is 4.98 Å². The predicted octanol–water partition coefficient (Wildman–Crippen LogP) is 1.60. The Morgan fingerprint density at radius 2 is 2.20 bits per heavy atom. The fraction of sp³-hybridized carbons (Fsp3) is 0.714. The van der Waals surface area contributed by atoms with Crippen LogP contribution in [0.1, 0.15) is 39.3 Å². The smallest absolute Gasteiger partial charge is 0.410 e. The molecule has 2 unspecified atom stereocenters. The minimum atomic E-state index is -0.595. The molecule has 1 aromatic rings. The molecule has 0 aromatic carbocycles. The molecular weight excluding hydrogens is 258 g/mol. The molecule has 0 spiro atoms. The first kappa shape index (κ1) is 14.8. The van der Waals surface area contributed by atoms with Crippen molar-refractivity contribution in [2.75, 3.05) is 13.1 Å². The molecule has 0 bridgehead atoms. The third-order valence-corrected chi connectivity index (χ3v) is 3.34. The van der Waals surface area contributed by atoms with Crippen LogP contribution in [0.15, 0.2) is 12.5 Å². The molecule has 0 aliphatic carbocycles. The van der Waals surface area contributed by atoms with Crippen molar-refractivity contribution in [1.82, 2.24) is 14.5 Å². The summed E-state index contributed by atoms with van der Waals surface area (Å²) >= 11 is 0. The molecule has 1 aliphatic rings. The Balaban J connectivity index is 2.03. The van der Waals surface area contributed by atoms with Crippen LogP contribution < -0.4 is 0 Å². The van der Waals surface area contributed by atoms with Gasteiger partial charge in [0.25, 0.3) is 0 Å². The van der Waals surface area contributed by atoms with Gasteiger partial charge in [0.1, 0.15) is 5.60 Å². The minimum absolute atomic E-state index is 0.143. The molecule has 0 saturated carbocycles.